The third kappa shape index (κ3) is 5.91. The van der Waals surface area contributed by atoms with Crippen LogP contribution >= 0.6 is 11.6 Å². The average Bonchev–Trinajstić information content (AvgIpc) is 3.03. The molecular formula is C31H22ClF6NO4S. The Hall–Kier alpha value is -4.29. The first-order valence-electron chi connectivity index (χ1n) is 12.8. The minimum absolute atomic E-state index is 0.0339. The molecule has 5 nitrogen and oxygen atoms in total. The van der Waals surface area contributed by atoms with Crippen LogP contribution in [0.25, 0.3) is 27.7 Å². The van der Waals surface area contributed by atoms with Gasteiger partial charge >= 0.3 is 0 Å². The normalized spacial score (nSPS) is 11.6. The maximum absolute atomic E-state index is 15.4. The van der Waals surface area contributed by atoms with E-state index in [0.717, 1.165) is 28.3 Å². The van der Waals surface area contributed by atoms with Crippen molar-refractivity contribution in [1.82, 2.24) is 4.57 Å². The van der Waals surface area contributed by atoms with E-state index in [1.54, 1.807) is 25.1 Å². The number of hydrogen-bond donors (Lipinski definition) is 0. The van der Waals surface area contributed by atoms with Crippen molar-refractivity contribution in [3.63, 3.8) is 0 Å². The molecule has 0 amide bonds. The highest BCUT2D eigenvalue weighted by molar-refractivity contribution is 7.80. The van der Waals surface area contributed by atoms with E-state index in [4.69, 9.17) is 16.3 Å². The summed E-state index contributed by atoms with van der Waals surface area (Å²) in [5.74, 6) is -13.8. The highest BCUT2D eigenvalue weighted by atomic mass is 35.5. The Morgan fingerprint density at radius 1 is 0.795 bits per heavy atom. The summed E-state index contributed by atoms with van der Waals surface area (Å²) >= 11 is 3.34. The Bertz CT molecular complexity index is 1970. The lowest BCUT2D eigenvalue weighted by molar-refractivity contribution is 0.352. The highest BCUT2D eigenvalue weighted by Crippen LogP contribution is 2.35. The maximum atomic E-state index is 15.4. The number of hydrogen-bond acceptors (Lipinski definition) is 4. The maximum Gasteiger partial charge on any atom is 0.255 e. The van der Waals surface area contributed by atoms with E-state index in [2.05, 4.69) is 4.18 Å². The van der Waals surface area contributed by atoms with E-state index in [9.17, 15) is 31.0 Å². The van der Waals surface area contributed by atoms with E-state index < -0.39 is 57.3 Å². The van der Waals surface area contributed by atoms with Crippen molar-refractivity contribution < 1.29 is 39.5 Å². The summed E-state index contributed by atoms with van der Waals surface area (Å²) < 4.78 is 108. The molecule has 13 heteroatoms. The predicted octanol–water partition coefficient (Wildman–Crippen LogP) is 8.59. The standard InChI is InChI=1S/C29H16ClF6NO4S.C2H6/c1-13-9-14(3-6-18(13)30)17-11-22(40-2)21(12-19(17)31)37-20-7-5-16(10-15(20)4-8-23(37)38)42(39)41-29-27(35)25(33)24(32)26(34)28(29)36;1-2/h3-12H,1-2H3;1-2H3. The first-order valence-corrected chi connectivity index (χ1v) is 14.3. The molecule has 0 saturated heterocycles. The number of fused-ring (bicyclic) bond motifs is 1. The molecule has 4 aromatic carbocycles. The molecule has 0 N–H and O–H groups in total. The van der Waals surface area contributed by atoms with Gasteiger partial charge in [-0.3, -0.25) is 9.36 Å². The number of methoxy groups -OCH3 is 1. The lowest BCUT2D eigenvalue weighted by Gasteiger charge is -2.17. The van der Waals surface area contributed by atoms with Gasteiger partial charge in [-0.15, -0.1) is 0 Å². The Kier molecular flexibility index (Phi) is 9.75. The smallest absolute Gasteiger partial charge is 0.255 e. The van der Waals surface area contributed by atoms with Gasteiger partial charge in [0.2, 0.25) is 45.9 Å². The first kappa shape index (κ1) is 32.6. The largest absolute Gasteiger partial charge is 0.495 e. The zero-order valence-corrected chi connectivity index (χ0v) is 25.0. The summed E-state index contributed by atoms with van der Waals surface area (Å²) in [5, 5.41) is 0.740. The van der Waals surface area contributed by atoms with Crippen LogP contribution in [0.15, 0.2) is 70.4 Å². The number of pyridine rings is 1. The topological polar surface area (TPSA) is 57.5 Å². The van der Waals surface area contributed by atoms with Crippen LogP contribution in [0.2, 0.25) is 5.02 Å². The third-order valence-corrected chi connectivity index (χ3v) is 7.75. The van der Waals surface area contributed by atoms with Crippen LogP contribution in [0, 0.1) is 41.8 Å². The Morgan fingerprint density at radius 3 is 2.05 bits per heavy atom. The number of aryl methyl sites for hydroxylation is 1. The van der Waals surface area contributed by atoms with Crippen molar-refractivity contribution in [3.05, 3.63) is 117 Å². The van der Waals surface area contributed by atoms with Crippen LogP contribution in [0.5, 0.6) is 11.5 Å². The zero-order chi connectivity index (χ0) is 32.5. The first-order chi connectivity index (χ1) is 20.9. The molecule has 1 aromatic heterocycles. The summed E-state index contributed by atoms with van der Waals surface area (Å²) in [6.07, 6.45) is 0. The molecule has 1 atom stereocenters. The Morgan fingerprint density at radius 2 is 1.43 bits per heavy atom. The van der Waals surface area contributed by atoms with Gasteiger partial charge in [0.1, 0.15) is 11.6 Å². The fraction of sp³-hybridized carbons (Fsp3) is 0.129. The molecule has 5 aromatic rings. The van der Waals surface area contributed by atoms with Crippen molar-refractivity contribution in [2.75, 3.05) is 7.11 Å². The SMILES string of the molecule is CC.COc1cc(-c2ccc(Cl)c(C)c2)c(F)cc1-n1c(=O)ccc2cc(S(=O)Oc3c(F)c(F)c(F)c(F)c3F)ccc21. The van der Waals surface area contributed by atoms with E-state index in [-0.39, 0.29) is 32.8 Å². The van der Waals surface area contributed by atoms with Crippen molar-refractivity contribution in [2.45, 2.75) is 25.7 Å². The molecule has 0 aliphatic rings. The molecule has 0 aliphatic carbocycles. The van der Waals surface area contributed by atoms with Gasteiger partial charge in [0.25, 0.3) is 5.56 Å². The van der Waals surface area contributed by atoms with Crippen molar-refractivity contribution in [2.24, 2.45) is 0 Å². The van der Waals surface area contributed by atoms with Gasteiger partial charge in [0.05, 0.1) is 23.2 Å². The molecule has 44 heavy (non-hydrogen) atoms. The highest BCUT2D eigenvalue weighted by Gasteiger charge is 2.29. The lowest BCUT2D eigenvalue weighted by Crippen LogP contribution is -2.18. The number of nitrogens with zero attached hydrogens (tertiary/aromatic N) is 1. The van der Waals surface area contributed by atoms with Crippen LogP contribution in [0.4, 0.5) is 26.3 Å². The second-order valence-electron chi connectivity index (χ2n) is 8.91. The molecule has 0 bridgehead atoms. The van der Waals surface area contributed by atoms with Gasteiger partial charge in [-0.1, -0.05) is 31.5 Å². The van der Waals surface area contributed by atoms with Gasteiger partial charge < -0.3 is 8.92 Å². The molecular weight excluding hydrogens is 632 g/mol. The van der Waals surface area contributed by atoms with Crippen LogP contribution in [-0.4, -0.2) is 15.9 Å². The minimum atomic E-state index is -2.75. The van der Waals surface area contributed by atoms with Gasteiger partial charge in [-0.2, -0.15) is 8.78 Å². The Labute approximate surface area is 254 Å². The summed E-state index contributed by atoms with van der Waals surface area (Å²) in [5.41, 5.74) is 1.07. The summed E-state index contributed by atoms with van der Waals surface area (Å²) in [6.45, 7) is 5.76. The van der Waals surface area contributed by atoms with Gasteiger partial charge in [0.15, 0.2) is 0 Å². The summed E-state index contributed by atoms with van der Waals surface area (Å²) in [4.78, 5) is 12.7. The molecule has 0 aliphatic heterocycles. The summed E-state index contributed by atoms with van der Waals surface area (Å²) in [6, 6.07) is 13.6. The molecule has 0 fully saturated rings. The summed E-state index contributed by atoms with van der Waals surface area (Å²) in [7, 11) is 1.34. The van der Waals surface area contributed by atoms with E-state index in [1.165, 1.54) is 31.4 Å². The van der Waals surface area contributed by atoms with Crippen LogP contribution in [-0.2, 0) is 11.1 Å². The number of rotatable bonds is 6. The lowest BCUT2D eigenvalue weighted by atomic mass is 10.0. The van der Waals surface area contributed by atoms with Crippen LogP contribution < -0.4 is 14.5 Å². The third-order valence-electron chi connectivity index (χ3n) is 6.37. The van der Waals surface area contributed by atoms with Crippen molar-refractivity contribution >= 4 is 33.6 Å². The van der Waals surface area contributed by atoms with Crippen LogP contribution in [0.1, 0.15) is 19.4 Å². The number of benzene rings is 4. The molecule has 5 rings (SSSR count). The molecule has 230 valence electrons. The monoisotopic (exact) mass is 653 g/mol. The Balaban J connectivity index is 0.00000216. The zero-order valence-electron chi connectivity index (χ0n) is 23.4. The molecule has 1 unspecified atom stereocenters. The molecule has 0 spiro atoms. The van der Waals surface area contributed by atoms with Crippen molar-refractivity contribution in [1.29, 1.82) is 0 Å². The van der Waals surface area contributed by atoms with Gasteiger partial charge in [-0.25, -0.2) is 21.8 Å². The van der Waals surface area contributed by atoms with Crippen LogP contribution in [0.3, 0.4) is 0 Å². The number of ether oxygens (including phenoxy) is 1. The molecule has 0 saturated carbocycles. The van der Waals surface area contributed by atoms with E-state index >= 15 is 4.39 Å². The van der Waals surface area contributed by atoms with Gasteiger partial charge in [-0.05, 0) is 60.5 Å². The van der Waals surface area contributed by atoms with Gasteiger partial charge in [0, 0.05) is 28.1 Å². The molecule has 1 heterocycles. The molecule has 0 radical (unpaired) electrons. The quantitative estimate of drug-likeness (QED) is 0.105. The predicted molar refractivity (Wildman–Crippen MR) is 156 cm³/mol. The average molecular weight is 654 g/mol. The second kappa shape index (κ2) is 13.1. The van der Waals surface area contributed by atoms with E-state index in [0.29, 0.717) is 10.6 Å². The number of aromatic nitrogens is 1. The fourth-order valence-corrected chi connectivity index (χ4v) is 5.19. The fourth-order valence-electron chi connectivity index (χ4n) is 4.27. The van der Waals surface area contributed by atoms with Crippen molar-refractivity contribution in [3.8, 4) is 28.3 Å². The minimum Gasteiger partial charge on any atom is -0.495 e. The number of halogens is 7. The second-order valence-corrected chi connectivity index (χ2v) is 10.4. The van der Waals surface area contributed by atoms with E-state index in [1.807, 2.05) is 13.8 Å².